The third-order valence-electron chi connectivity index (χ3n) is 4.97. The molecule has 0 spiro atoms. The molecule has 2 aromatic rings. The number of nitrogens with two attached hydrogens (primary N) is 1. The van der Waals surface area contributed by atoms with Crippen LogP contribution in [0.4, 0.5) is 0 Å². The third kappa shape index (κ3) is 2.57. The molecule has 1 unspecified atom stereocenters. The quantitative estimate of drug-likeness (QED) is 0.874. The normalized spacial score (nSPS) is 20.9. The zero-order valence-electron chi connectivity index (χ0n) is 12.5. The van der Waals surface area contributed by atoms with Crippen LogP contribution in [-0.2, 0) is 0 Å². The fourth-order valence-corrected chi connectivity index (χ4v) is 3.47. The van der Waals surface area contributed by atoms with Gasteiger partial charge < -0.3 is 5.73 Å². The van der Waals surface area contributed by atoms with E-state index < -0.39 is 0 Å². The molecule has 20 heavy (non-hydrogen) atoms. The van der Waals surface area contributed by atoms with E-state index in [1.165, 1.54) is 42.0 Å². The van der Waals surface area contributed by atoms with Crippen molar-refractivity contribution in [2.45, 2.75) is 45.6 Å². The molecule has 1 heterocycles. The molecule has 3 rings (SSSR count). The van der Waals surface area contributed by atoms with Gasteiger partial charge >= 0.3 is 0 Å². The summed E-state index contributed by atoms with van der Waals surface area (Å²) in [5.41, 5.74) is 8.39. The summed E-state index contributed by atoms with van der Waals surface area (Å²) in [7, 11) is 0. The van der Waals surface area contributed by atoms with Crippen LogP contribution in [0.3, 0.4) is 0 Å². The molecule has 2 nitrogen and oxygen atoms in total. The predicted octanol–water partition coefficient (Wildman–Crippen LogP) is 4.45. The van der Waals surface area contributed by atoms with E-state index in [-0.39, 0.29) is 6.04 Å². The van der Waals surface area contributed by atoms with Crippen molar-refractivity contribution in [3.05, 3.63) is 42.2 Å². The average Bonchev–Trinajstić information content (AvgIpc) is 2.46. The van der Waals surface area contributed by atoms with Crippen LogP contribution in [0.15, 0.2) is 36.7 Å². The summed E-state index contributed by atoms with van der Waals surface area (Å²) in [6, 6.07) is 8.65. The van der Waals surface area contributed by atoms with Gasteiger partial charge in [0.25, 0.3) is 0 Å². The molecule has 1 aliphatic rings. The number of nitrogens with zero attached hydrogens (tertiary/aromatic N) is 1. The fraction of sp³-hybridized carbons (Fsp3) is 0.500. The van der Waals surface area contributed by atoms with E-state index in [2.05, 4.69) is 43.1 Å². The van der Waals surface area contributed by atoms with Gasteiger partial charge in [0.15, 0.2) is 0 Å². The zero-order valence-corrected chi connectivity index (χ0v) is 12.5. The van der Waals surface area contributed by atoms with Crippen LogP contribution in [0.2, 0.25) is 0 Å². The molecule has 0 bridgehead atoms. The second-order valence-corrected chi connectivity index (χ2v) is 6.97. The van der Waals surface area contributed by atoms with Gasteiger partial charge in [-0.15, -0.1) is 0 Å². The van der Waals surface area contributed by atoms with Gasteiger partial charge in [-0.1, -0.05) is 32.0 Å². The van der Waals surface area contributed by atoms with Gasteiger partial charge in [0.2, 0.25) is 0 Å². The highest BCUT2D eigenvalue weighted by molar-refractivity contribution is 5.85. The first-order valence-corrected chi connectivity index (χ1v) is 7.65. The minimum atomic E-state index is 0.150. The van der Waals surface area contributed by atoms with E-state index in [4.69, 9.17) is 5.73 Å². The van der Waals surface area contributed by atoms with Gasteiger partial charge in [0.05, 0.1) is 0 Å². The van der Waals surface area contributed by atoms with Crippen LogP contribution in [0.25, 0.3) is 10.8 Å². The van der Waals surface area contributed by atoms with Crippen LogP contribution < -0.4 is 5.73 Å². The summed E-state index contributed by atoms with van der Waals surface area (Å²) in [4.78, 5) is 4.20. The first kappa shape index (κ1) is 13.6. The number of hydrogen-bond donors (Lipinski definition) is 1. The summed E-state index contributed by atoms with van der Waals surface area (Å²) in [5, 5.41) is 2.46. The van der Waals surface area contributed by atoms with Gasteiger partial charge in [-0.3, -0.25) is 4.98 Å². The standard InChI is InChI=1S/C18H24N2/c1-18(2)9-6-13(7-10-18)17(19)16-5-3-4-14-12-20-11-8-15(14)16/h3-5,8,11-13,17H,6-7,9-10,19H2,1-2H3. The van der Waals surface area contributed by atoms with Crippen molar-refractivity contribution >= 4 is 10.8 Å². The lowest BCUT2D eigenvalue weighted by atomic mass is 9.70. The number of benzene rings is 1. The van der Waals surface area contributed by atoms with Crippen molar-refractivity contribution in [2.24, 2.45) is 17.1 Å². The Hall–Kier alpha value is -1.41. The van der Waals surface area contributed by atoms with Gasteiger partial charge in [-0.05, 0) is 54.0 Å². The molecular formula is C18H24N2. The van der Waals surface area contributed by atoms with Crippen molar-refractivity contribution in [1.82, 2.24) is 4.98 Å². The molecule has 1 atom stereocenters. The SMILES string of the molecule is CC1(C)CCC(C(N)c2cccc3cnccc23)CC1. The predicted molar refractivity (Wildman–Crippen MR) is 84.4 cm³/mol. The zero-order chi connectivity index (χ0) is 14.2. The van der Waals surface area contributed by atoms with E-state index >= 15 is 0 Å². The second-order valence-electron chi connectivity index (χ2n) is 6.97. The van der Waals surface area contributed by atoms with Gasteiger partial charge in [-0.2, -0.15) is 0 Å². The van der Waals surface area contributed by atoms with Crippen LogP contribution in [0.1, 0.15) is 51.1 Å². The molecule has 2 heteroatoms. The molecule has 0 aliphatic heterocycles. The minimum absolute atomic E-state index is 0.150. The Morgan fingerprint density at radius 1 is 1.20 bits per heavy atom. The Labute approximate surface area is 121 Å². The Morgan fingerprint density at radius 3 is 2.70 bits per heavy atom. The van der Waals surface area contributed by atoms with E-state index in [0.717, 1.165) is 0 Å². The van der Waals surface area contributed by atoms with Crippen molar-refractivity contribution in [3.63, 3.8) is 0 Å². The molecule has 1 aromatic carbocycles. The van der Waals surface area contributed by atoms with Crippen LogP contribution >= 0.6 is 0 Å². The number of pyridine rings is 1. The van der Waals surface area contributed by atoms with E-state index in [0.29, 0.717) is 11.3 Å². The molecule has 1 fully saturated rings. The highest BCUT2D eigenvalue weighted by Gasteiger charge is 2.30. The number of hydrogen-bond acceptors (Lipinski definition) is 2. The Bertz CT molecular complexity index is 588. The Kier molecular flexibility index (Phi) is 3.51. The van der Waals surface area contributed by atoms with Crippen molar-refractivity contribution in [1.29, 1.82) is 0 Å². The molecule has 1 aromatic heterocycles. The first-order valence-electron chi connectivity index (χ1n) is 7.65. The smallest absolute Gasteiger partial charge is 0.0346 e. The maximum absolute atomic E-state index is 6.60. The molecule has 0 saturated heterocycles. The molecule has 2 N–H and O–H groups in total. The number of aromatic nitrogens is 1. The highest BCUT2D eigenvalue weighted by atomic mass is 14.7. The largest absolute Gasteiger partial charge is 0.324 e. The maximum atomic E-state index is 6.60. The average molecular weight is 268 g/mol. The van der Waals surface area contributed by atoms with Crippen LogP contribution in [0.5, 0.6) is 0 Å². The number of rotatable bonds is 2. The lowest BCUT2D eigenvalue weighted by Crippen LogP contribution is -2.29. The van der Waals surface area contributed by atoms with Crippen LogP contribution in [-0.4, -0.2) is 4.98 Å². The molecule has 0 radical (unpaired) electrons. The van der Waals surface area contributed by atoms with Crippen molar-refractivity contribution in [2.75, 3.05) is 0 Å². The molecule has 0 amide bonds. The maximum Gasteiger partial charge on any atom is 0.0346 e. The third-order valence-corrected chi connectivity index (χ3v) is 4.97. The molecule has 1 aliphatic carbocycles. The van der Waals surface area contributed by atoms with Gasteiger partial charge in [-0.25, -0.2) is 0 Å². The summed E-state index contributed by atoms with van der Waals surface area (Å²) >= 11 is 0. The number of fused-ring (bicyclic) bond motifs is 1. The van der Waals surface area contributed by atoms with Gasteiger partial charge in [0, 0.05) is 23.8 Å². The summed E-state index contributed by atoms with van der Waals surface area (Å²) in [5.74, 6) is 0.613. The second kappa shape index (κ2) is 5.17. The lowest BCUT2D eigenvalue weighted by Gasteiger charge is -2.37. The summed E-state index contributed by atoms with van der Waals surface area (Å²) < 4.78 is 0. The van der Waals surface area contributed by atoms with Gasteiger partial charge in [0.1, 0.15) is 0 Å². The summed E-state index contributed by atoms with van der Waals surface area (Å²) in [6.45, 7) is 4.75. The fourth-order valence-electron chi connectivity index (χ4n) is 3.47. The van der Waals surface area contributed by atoms with Crippen molar-refractivity contribution < 1.29 is 0 Å². The molecular weight excluding hydrogens is 244 g/mol. The first-order chi connectivity index (χ1) is 9.57. The van der Waals surface area contributed by atoms with E-state index in [1.807, 2.05) is 12.4 Å². The molecule has 1 saturated carbocycles. The Balaban J connectivity index is 1.88. The Morgan fingerprint density at radius 2 is 1.95 bits per heavy atom. The monoisotopic (exact) mass is 268 g/mol. The van der Waals surface area contributed by atoms with Crippen LogP contribution in [0, 0.1) is 11.3 Å². The highest BCUT2D eigenvalue weighted by Crippen LogP contribution is 2.42. The topological polar surface area (TPSA) is 38.9 Å². The minimum Gasteiger partial charge on any atom is -0.324 e. The molecule has 106 valence electrons. The van der Waals surface area contributed by atoms with E-state index in [1.54, 1.807) is 0 Å². The lowest BCUT2D eigenvalue weighted by molar-refractivity contribution is 0.174. The van der Waals surface area contributed by atoms with E-state index in [9.17, 15) is 0 Å². The summed E-state index contributed by atoms with van der Waals surface area (Å²) in [6.07, 6.45) is 8.86. The van der Waals surface area contributed by atoms with Crippen molar-refractivity contribution in [3.8, 4) is 0 Å².